The van der Waals surface area contributed by atoms with Gasteiger partial charge in [-0.25, -0.2) is 4.98 Å². The first kappa shape index (κ1) is 23.6. The molecule has 0 aliphatic carbocycles. The molecule has 2 unspecified atom stereocenters. The number of unbranched alkanes of at least 4 members (excludes halogenated alkanes) is 1. The van der Waals surface area contributed by atoms with E-state index in [0.29, 0.717) is 18.0 Å². The maximum atomic E-state index is 4.78. The van der Waals surface area contributed by atoms with Crippen LogP contribution in [0.2, 0.25) is 0 Å². The predicted octanol–water partition coefficient (Wildman–Crippen LogP) is 3.68. The normalized spacial score (nSPS) is 21.1. The Kier molecular flexibility index (Phi) is 11.0. The van der Waals surface area contributed by atoms with Gasteiger partial charge in [-0.2, -0.15) is 0 Å². The van der Waals surface area contributed by atoms with Crippen LogP contribution in [0, 0.1) is 12.8 Å². The maximum Gasteiger partial charge on any atom is 0.191 e. The molecule has 0 spiro atoms. The molecule has 1 aromatic rings. The number of hydrogen-bond donors (Lipinski definition) is 2. The number of aromatic nitrogens is 1. The van der Waals surface area contributed by atoms with E-state index in [-0.39, 0.29) is 24.0 Å². The molecule has 2 N–H and O–H groups in total. The van der Waals surface area contributed by atoms with Gasteiger partial charge in [-0.1, -0.05) is 6.92 Å². The second kappa shape index (κ2) is 12.1. The number of nitrogens with one attached hydrogen (secondary N) is 2. The Morgan fingerprint density at radius 2 is 2.15 bits per heavy atom. The van der Waals surface area contributed by atoms with Crippen molar-refractivity contribution in [1.82, 2.24) is 20.5 Å². The zero-order chi connectivity index (χ0) is 18.2. The number of guanidine groups is 1. The van der Waals surface area contributed by atoms with Crippen LogP contribution >= 0.6 is 35.3 Å². The average Bonchev–Trinajstić information content (AvgIpc) is 3.13. The van der Waals surface area contributed by atoms with Crippen molar-refractivity contribution in [2.75, 3.05) is 26.2 Å². The molecule has 0 radical (unpaired) electrons. The quantitative estimate of drug-likeness (QED) is 0.251. The van der Waals surface area contributed by atoms with Crippen LogP contribution in [0.5, 0.6) is 0 Å². The Hall–Kier alpha value is -0.410. The highest BCUT2D eigenvalue weighted by atomic mass is 127. The lowest BCUT2D eigenvalue weighted by molar-refractivity contribution is 0.265. The fourth-order valence-corrected chi connectivity index (χ4v) is 4.02. The molecular formula is C19H36IN5S. The van der Waals surface area contributed by atoms with Gasteiger partial charge in [0.15, 0.2) is 5.96 Å². The molecule has 0 amide bonds. The summed E-state index contributed by atoms with van der Waals surface area (Å²) in [4.78, 5) is 11.8. The van der Waals surface area contributed by atoms with Crippen molar-refractivity contribution in [3.63, 3.8) is 0 Å². The van der Waals surface area contributed by atoms with Crippen LogP contribution in [0.4, 0.5) is 0 Å². The second-order valence-electron chi connectivity index (χ2n) is 7.38. The van der Waals surface area contributed by atoms with Gasteiger partial charge >= 0.3 is 0 Å². The summed E-state index contributed by atoms with van der Waals surface area (Å²) in [5.74, 6) is 1.62. The van der Waals surface area contributed by atoms with Crippen molar-refractivity contribution in [3.8, 4) is 0 Å². The SMILES string of the molecule is CCNC(=NCCCCc1nc(C)cs1)NC1CN(C(C)C)CC1C.I. The molecule has 2 heterocycles. The molecule has 1 aliphatic heterocycles. The van der Waals surface area contributed by atoms with Gasteiger partial charge in [0.1, 0.15) is 0 Å². The summed E-state index contributed by atoms with van der Waals surface area (Å²) < 4.78 is 0. The minimum absolute atomic E-state index is 0. The molecule has 0 aromatic carbocycles. The lowest BCUT2D eigenvalue weighted by atomic mass is 10.1. The third kappa shape index (κ3) is 7.68. The molecule has 1 fully saturated rings. The van der Waals surface area contributed by atoms with Crippen molar-refractivity contribution < 1.29 is 0 Å². The molecule has 2 rings (SSSR count). The number of aliphatic imine (C=N–C) groups is 1. The lowest BCUT2D eigenvalue weighted by Gasteiger charge is -2.21. The van der Waals surface area contributed by atoms with Crippen molar-refractivity contribution in [1.29, 1.82) is 0 Å². The van der Waals surface area contributed by atoms with Crippen LogP contribution in [0.1, 0.15) is 51.2 Å². The van der Waals surface area contributed by atoms with E-state index < -0.39 is 0 Å². The number of rotatable bonds is 8. The summed E-state index contributed by atoms with van der Waals surface area (Å²) in [6.45, 7) is 15.1. The smallest absolute Gasteiger partial charge is 0.191 e. The summed E-state index contributed by atoms with van der Waals surface area (Å²) in [6.07, 6.45) is 3.32. The number of thiazole rings is 1. The van der Waals surface area contributed by atoms with E-state index in [2.05, 4.69) is 60.5 Å². The molecule has 150 valence electrons. The molecule has 1 aliphatic rings. The van der Waals surface area contributed by atoms with E-state index in [1.165, 1.54) is 11.6 Å². The monoisotopic (exact) mass is 493 g/mol. The fourth-order valence-electron chi connectivity index (χ4n) is 3.21. The number of halogens is 1. The van der Waals surface area contributed by atoms with E-state index in [1.807, 2.05) is 0 Å². The molecule has 0 bridgehead atoms. The van der Waals surface area contributed by atoms with Gasteiger partial charge in [0, 0.05) is 49.3 Å². The molecule has 26 heavy (non-hydrogen) atoms. The van der Waals surface area contributed by atoms with Crippen LogP contribution in [0.3, 0.4) is 0 Å². The molecule has 1 saturated heterocycles. The number of likely N-dealkylation sites (tertiary alicyclic amines) is 1. The third-order valence-electron chi connectivity index (χ3n) is 4.77. The summed E-state index contributed by atoms with van der Waals surface area (Å²) in [7, 11) is 0. The van der Waals surface area contributed by atoms with E-state index in [9.17, 15) is 0 Å². The van der Waals surface area contributed by atoms with Crippen LogP contribution in [0.15, 0.2) is 10.4 Å². The maximum absolute atomic E-state index is 4.78. The minimum Gasteiger partial charge on any atom is -0.357 e. The van der Waals surface area contributed by atoms with Gasteiger partial charge in [0.25, 0.3) is 0 Å². The standard InChI is InChI=1S/C19H35N5S.HI/c1-6-20-19(23-17-12-24(14(2)3)11-15(17)4)21-10-8-7-9-18-22-16(5)13-25-18;/h13-15,17H,6-12H2,1-5H3,(H2,20,21,23);1H. The number of hydrogen-bond acceptors (Lipinski definition) is 4. The van der Waals surface area contributed by atoms with Crippen molar-refractivity contribution in [2.45, 2.75) is 66.0 Å². The molecule has 0 saturated carbocycles. The Labute approximate surface area is 180 Å². The Morgan fingerprint density at radius 1 is 1.38 bits per heavy atom. The van der Waals surface area contributed by atoms with E-state index in [1.54, 1.807) is 11.3 Å². The molecule has 7 heteroatoms. The predicted molar refractivity (Wildman–Crippen MR) is 124 cm³/mol. The first-order valence-corrected chi connectivity index (χ1v) is 10.6. The van der Waals surface area contributed by atoms with E-state index >= 15 is 0 Å². The fraction of sp³-hybridized carbons (Fsp3) is 0.789. The van der Waals surface area contributed by atoms with Gasteiger partial charge < -0.3 is 10.6 Å². The summed E-state index contributed by atoms with van der Waals surface area (Å²) in [6, 6.07) is 1.10. The van der Waals surface area contributed by atoms with Crippen molar-refractivity contribution in [3.05, 3.63) is 16.1 Å². The highest BCUT2D eigenvalue weighted by Crippen LogP contribution is 2.18. The first-order valence-electron chi connectivity index (χ1n) is 9.69. The van der Waals surface area contributed by atoms with Crippen molar-refractivity contribution in [2.24, 2.45) is 10.9 Å². The first-order chi connectivity index (χ1) is 12.0. The Morgan fingerprint density at radius 3 is 2.73 bits per heavy atom. The largest absolute Gasteiger partial charge is 0.357 e. The average molecular weight is 494 g/mol. The summed E-state index contributed by atoms with van der Waals surface area (Å²) >= 11 is 1.77. The van der Waals surface area contributed by atoms with Crippen LogP contribution in [-0.4, -0.2) is 54.1 Å². The second-order valence-corrected chi connectivity index (χ2v) is 8.32. The summed E-state index contributed by atoms with van der Waals surface area (Å²) in [5.41, 5.74) is 1.14. The molecule has 5 nitrogen and oxygen atoms in total. The van der Waals surface area contributed by atoms with E-state index in [0.717, 1.165) is 50.6 Å². The number of aryl methyl sites for hydroxylation is 2. The van der Waals surface area contributed by atoms with E-state index in [4.69, 9.17) is 4.99 Å². The highest BCUT2D eigenvalue weighted by Gasteiger charge is 2.31. The zero-order valence-electron chi connectivity index (χ0n) is 16.9. The molecular weight excluding hydrogens is 457 g/mol. The zero-order valence-corrected chi connectivity index (χ0v) is 20.1. The lowest BCUT2D eigenvalue weighted by Crippen LogP contribution is -2.46. The van der Waals surface area contributed by atoms with Gasteiger partial charge in [0.2, 0.25) is 0 Å². The topological polar surface area (TPSA) is 52.6 Å². The molecule has 1 aromatic heterocycles. The minimum atomic E-state index is 0. The Balaban J connectivity index is 0.00000338. The highest BCUT2D eigenvalue weighted by molar-refractivity contribution is 14.0. The van der Waals surface area contributed by atoms with Gasteiger partial charge in [-0.15, -0.1) is 35.3 Å². The summed E-state index contributed by atoms with van der Waals surface area (Å²) in [5, 5.41) is 10.4. The van der Waals surface area contributed by atoms with Gasteiger partial charge in [-0.3, -0.25) is 9.89 Å². The van der Waals surface area contributed by atoms with Crippen molar-refractivity contribution >= 4 is 41.3 Å². The number of nitrogens with zero attached hydrogens (tertiary/aromatic N) is 3. The van der Waals surface area contributed by atoms with Gasteiger partial charge in [0.05, 0.1) is 5.01 Å². The van der Waals surface area contributed by atoms with Gasteiger partial charge in [-0.05, 0) is 52.9 Å². The van der Waals surface area contributed by atoms with Crippen LogP contribution in [0.25, 0.3) is 0 Å². The molecule has 2 atom stereocenters. The van der Waals surface area contributed by atoms with Crippen LogP contribution < -0.4 is 10.6 Å². The Bertz CT molecular complexity index is 546. The van der Waals surface area contributed by atoms with Crippen LogP contribution in [-0.2, 0) is 6.42 Å². The third-order valence-corrected chi connectivity index (χ3v) is 5.80.